The van der Waals surface area contributed by atoms with Gasteiger partial charge in [-0.1, -0.05) is 231 Å². The van der Waals surface area contributed by atoms with E-state index >= 15 is 0 Å². The molecule has 0 saturated heterocycles. The molecule has 0 saturated carbocycles. The summed E-state index contributed by atoms with van der Waals surface area (Å²) < 4.78 is 29.8. The predicted octanol–water partition coefficient (Wildman–Crippen LogP) is 24.9. The molecule has 0 amide bonds. The number of fused-ring (bicyclic) bond motifs is 12. The highest BCUT2D eigenvalue weighted by Crippen LogP contribution is 2.43. The number of hydrogen-bond donors (Lipinski definition) is 4. The van der Waals surface area contributed by atoms with Gasteiger partial charge in [0.25, 0.3) is 0 Å². The Kier molecular flexibility index (Phi) is 25.3. The zero-order valence-corrected chi connectivity index (χ0v) is 76.0. The molecule has 4 N–H and O–H groups in total. The quantitative estimate of drug-likeness (QED) is 0.0489. The van der Waals surface area contributed by atoms with Crippen LogP contribution in [0.2, 0.25) is 0 Å². The van der Waals surface area contributed by atoms with Crippen LogP contribution in [0.3, 0.4) is 0 Å². The number of benzene rings is 14. The molecule has 14 aromatic carbocycles. The molecule has 0 aliphatic rings. The fourth-order valence-corrected chi connectivity index (χ4v) is 18.5. The molecule has 0 spiro atoms. The summed E-state index contributed by atoms with van der Waals surface area (Å²) in [6.45, 7) is 0. The Morgan fingerprint density at radius 2 is 0.486 bits per heavy atom. The average Bonchev–Trinajstić information content (AvgIpc) is 1.60. The topological polar surface area (TPSA) is 241 Å². The normalized spacial score (nSPS) is 11.1. The average molecular weight is 1840 g/mol. The number of rotatable bonds is 21. The minimum Gasteiger partial charge on any atom is -0.537 e. The van der Waals surface area contributed by atoms with E-state index in [1.54, 1.807) is 12.4 Å². The van der Waals surface area contributed by atoms with Gasteiger partial charge >= 0.3 is 30.7 Å². The molecule has 11 heterocycles. The number of hydrogen-bond acceptors (Lipinski definition) is 16. The van der Waals surface area contributed by atoms with Crippen LogP contribution < -0.4 is 18.6 Å². The molecule has 25 aromatic rings. The predicted molar refractivity (Wildman–Crippen MR) is 569 cm³/mol. The maximum absolute atomic E-state index is 9.11. The van der Waals surface area contributed by atoms with Crippen LogP contribution in [0.5, 0.6) is 23.0 Å². The van der Waals surface area contributed by atoms with Crippen LogP contribution >= 0.6 is 0 Å². The second-order valence-corrected chi connectivity index (χ2v) is 33.3. The molecule has 0 atom stereocenters. The Morgan fingerprint density at radius 1 is 0.176 bits per heavy atom. The first-order chi connectivity index (χ1) is 70.2. The van der Waals surface area contributed by atoms with E-state index in [1.165, 1.54) is 0 Å². The highest BCUT2D eigenvalue weighted by Gasteiger charge is 2.24. The molecule has 4 radical (unpaired) electrons. The molecular weight excluding hydrogens is 1760 g/mol. The third-order valence-electron chi connectivity index (χ3n) is 24.8. The molecule has 0 unspecified atom stereocenters. The lowest BCUT2D eigenvalue weighted by molar-refractivity contribution is 0.453. The van der Waals surface area contributed by atoms with E-state index in [-0.39, 0.29) is 0 Å². The van der Waals surface area contributed by atoms with Gasteiger partial charge in [0.15, 0.2) is 5.82 Å². The first-order valence-electron chi connectivity index (χ1n) is 45.9. The Labute approximate surface area is 818 Å². The third-order valence-corrected chi connectivity index (χ3v) is 24.8. The van der Waals surface area contributed by atoms with E-state index in [0.29, 0.717) is 59.6 Å². The van der Waals surface area contributed by atoms with Crippen LogP contribution in [-0.2, 0) is 0 Å². The van der Waals surface area contributed by atoms with Crippen molar-refractivity contribution in [2.75, 3.05) is 0 Å². The summed E-state index contributed by atoms with van der Waals surface area (Å²) in [6.07, 6.45) is 7.15. The van der Waals surface area contributed by atoms with Crippen LogP contribution in [0.15, 0.2) is 462 Å². The molecule has 0 bridgehead atoms. The SMILES string of the molecule is O[B]Oc1ccc2c(c1)c1ccccc1n2-c1cc(-c2ccccc2)cc(-c2ccccc2)n1.O[B]Oc1ccc2c(c1)c1ccccc1n2-c1cc(-c2ccccn2)cc(-c2ccccn2)c1.O[B]Oc1ccc2c(c1)c1ccccc1n2-c1cc(-c2ccccn2)nc(-c2ccccn2)c1.O[B]Oc1ccc2c(c1)c1ccccc1n2-c1ccc(-c2cc(-c3ccccc3)nc(-c3ccccc3)n2)cc1. The lowest BCUT2D eigenvalue weighted by atomic mass is 10.0. The number of pyridine rings is 6. The summed E-state index contributed by atoms with van der Waals surface area (Å²) in [4.78, 5) is 38.1. The summed E-state index contributed by atoms with van der Waals surface area (Å²) in [5.41, 5.74) is 27.3. The third kappa shape index (κ3) is 18.2. The first-order valence-corrected chi connectivity index (χ1v) is 45.9. The van der Waals surface area contributed by atoms with E-state index in [9.17, 15) is 0 Å². The van der Waals surface area contributed by atoms with Gasteiger partial charge in [-0.05, 0) is 217 Å². The van der Waals surface area contributed by atoms with E-state index < -0.39 is 0 Å². The van der Waals surface area contributed by atoms with Gasteiger partial charge in [0, 0.05) is 113 Å². The van der Waals surface area contributed by atoms with Crippen molar-refractivity contribution in [3.05, 3.63) is 462 Å². The minimum absolute atomic E-state index is 0.566. The zero-order valence-electron chi connectivity index (χ0n) is 76.0. The highest BCUT2D eigenvalue weighted by atomic mass is 16.5. The van der Waals surface area contributed by atoms with Crippen molar-refractivity contribution < 1.29 is 38.7 Å². The number of aromatic nitrogens is 12. The van der Waals surface area contributed by atoms with Crippen LogP contribution in [0, 0.1) is 0 Å². The number of nitrogens with zero attached hydrogens (tertiary/aromatic N) is 12. The van der Waals surface area contributed by atoms with Crippen molar-refractivity contribution in [1.82, 2.24) is 58.1 Å². The standard InChI is InChI=1S/C34H23BN3O2.C29H20BN2O2.C28H19BN3O2.C27H18BN4O2/c39-35-40-27-19-20-33-29(21-27)28-13-7-8-14-32(28)38(33)26-17-15-24(16-18-26)31-22-30(23-9-3-1-4-10-23)36-34(37-31)25-11-5-2-6-12-25;33-30-34-23-15-16-28-25(19-23)24-13-7-8-14-27(24)32(28)29-18-22(20-9-3-1-4-10-20)17-26(31-29)21-11-5-2-6-12-21;33-29-34-22-11-12-28-24(18-22)23-7-1-2-10-27(23)32(28)21-16-19(25-8-3-5-13-30-25)15-20(17-21)26-9-4-6-14-31-26;33-28-34-19-11-12-27-21(17-19)20-7-1-2-10-26(20)32(27)18-15-24(22-8-3-5-13-29-22)31-25(16-18)23-9-4-6-14-30-23/h1-22,39H;1-19,33H;1-18,33H;1-17,33H. The summed E-state index contributed by atoms with van der Waals surface area (Å²) in [7, 11) is 2.81. The maximum Gasteiger partial charge on any atom is 0.569 e. The number of para-hydroxylation sites is 4. The van der Waals surface area contributed by atoms with Gasteiger partial charge in [0.1, 0.15) is 28.8 Å². The van der Waals surface area contributed by atoms with Crippen LogP contribution in [0.1, 0.15) is 0 Å². The van der Waals surface area contributed by atoms with Crippen molar-refractivity contribution in [2.45, 2.75) is 0 Å². The van der Waals surface area contributed by atoms with Crippen molar-refractivity contribution in [3.63, 3.8) is 0 Å². The molecule has 11 aromatic heterocycles. The van der Waals surface area contributed by atoms with Gasteiger partial charge in [-0.15, -0.1) is 0 Å². The monoisotopic (exact) mass is 1840 g/mol. The van der Waals surface area contributed by atoms with Crippen LogP contribution in [0.25, 0.3) is 212 Å². The Morgan fingerprint density at radius 3 is 0.866 bits per heavy atom. The van der Waals surface area contributed by atoms with E-state index in [1.807, 2.05) is 291 Å². The Bertz CT molecular complexity index is 8040. The fraction of sp³-hybridized carbons (Fsp3) is 0. The minimum atomic E-state index is 0.566. The van der Waals surface area contributed by atoms with Gasteiger partial charge < -0.3 is 52.4 Å². The van der Waals surface area contributed by atoms with Crippen LogP contribution in [0.4, 0.5) is 0 Å². The van der Waals surface area contributed by atoms with Gasteiger partial charge in [-0.3, -0.25) is 24.5 Å². The molecule has 672 valence electrons. The zero-order chi connectivity index (χ0) is 95.6. The van der Waals surface area contributed by atoms with E-state index in [2.05, 4.69) is 196 Å². The molecular formula is C118H80B4N12O8. The maximum atomic E-state index is 9.11. The van der Waals surface area contributed by atoms with E-state index in [4.69, 9.17) is 58.6 Å². The molecule has 0 fully saturated rings. The van der Waals surface area contributed by atoms with Crippen molar-refractivity contribution in [2.24, 2.45) is 0 Å². The summed E-state index contributed by atoms with van der Waals surface area (Å²) >= 11 is 0. The second kappa shape index (κ2) is 40.5. The Hall–Kier alpha value is -18.4. The summed E-state index contributed by atoms with van der Waals surface area (Å²) in [5.74, 6) is 3.84. The Balaban J connectivity index is 0.000000109. The molecule has 25 rings (SSSR count). The molecule has 20 nitrogen and oxygen atoms in total. The van der Waals surface area contributed by atoms with Gasteiger partial charge in [-0.25, -0.2) is 19.9 Å². The van der Waals surface area contributed by atoms with Gasteiger partial charge in [0.05, 0.1) is 101 Å². The smallest absolute Gasteiger partial charge is 0.537 e. The second-order valence-electron chi connectivity index (χ2n) is 33.3. The van der Waals surface area contributed by atoms with Crippen LogP contribution in [-0.4, -0.2) is 109 Å². The van der Waals surface area contributed by atoms with Crippen molar-refractivity contribution >= 4 is 118 Å². The molecule has 142 heavy (non-hydrogen) atoms. The molecule has 0 aliphatic heterocycles. The lowest BCUT2D eigenvalue weighted by Gasteiger charge is -2.13. The molecule has 0 aliphatic carbocycles. The largest absolute Gasteiger partial charge is 0.569 e. The summed E-state index contributed by atoms with van der Waals surface area (Å²) in [6, 6.07) is 146. The van der Waals surface area contributed by atoms with Gasteiger partial charge in [-0.2, -0.15) is 0 Å². The highest BCUT2D eigenvalue weighted by molar-refractivity contribution is 6.20. The van der Waals surface area contributed by atoms with E-state index in [0.717, 1.165) is 206 Å². The van der Waals surface area contributed by atoms with Gasteiger partial charge in [0.2, 0.25) is 0 Å². The summed E-state index contributed by atoms with van der Waals surface area (Å²) in [5, 5.41) is 44.9. The van der Waals surface area contributed by atoms with Crippen molar-refractivity contribution in [1.29, 1.82) is 0 Å². The fourth-order valence-electron chi connectivity index (χ4n) is 18.5. The van der Waals surface area contributed by atoms with Crippen molar-refractivity contribution in [3.8, 4) is 147 Å². The lowest BCUT2D eigenvalue weighted by Crippen LogP contribution is -2.01. The first kappa shape index (κ1) is 88.8. The molecule has 24 heteroatoms.